The van der Waals surface area contributed by atoms with Crippen LogP contribution in [0.5, 0.6) is 11.5 Å². The third-order valence-corrected chi connectivity index (χ3v) is 5.18. The number of para-hydroxylation sites is 1. The van der Waals surface area contributed by atoms with E-state index in [1.807, 2.05) is 54.6 Å². The van der Waals surface area contributed by atoms with Crippen molar-refractivity contribution in [2.45, 2.75) is 18.9 Å². The highest BCUT2D eigenvalue weighted by molar-refractivity contribution is 5.73. The predicted molar refractivity (Wildman–Crippen MR) is 111 cm³/mol. The molecule has 1 saturated heterocycles. The molecule has 2 aromatic carbocycles. The predicted octanol–water partition coefficient (Wildman–Crippen LogP) is 4.11. The van der Waals surface area contributed by atoms with Crippen molar-refractivity contribution in [2.75, 3.05) is 18.8 Å². The van der Waals surface area contributed by atoms with Crippen molar-refractivity contribution >= 4 is 11.9 Å². The Balaban J connectivity index is 1.61. The Morgan fingerprint density at radius 3 is 2.53 bits per heavy atom. The van der Waals surface area contributed by atoms with Gasteiger partial charge in [-0.2, -0.15) is 10.4 Å². The molecule has 0 aliphatic carbocycles. The molecule has 4 rings (SSSR count). The number of nitrogens with two attached hydrogens (primary N) is 1. The number of piperidine rings is 1. The van der Waals surface area contributed by atoms with Gasteiger partial charge in [0.1, 0.15) is 34.6 Å². The number of likely N-dealkylation sites (tertiary alicyclic amines) is 1. The van der Waals surface area contributed by atoms with Crippen LogP contribution in [0.2, 0.25) is 0 Å². The summed E-state index contributed by atoms with van der Waals surface area (Å²) in [6.45, 7) is 0.795. The summed E-state index contributed by atoms with van der Waals surface area (Å²) in [6.07, 6.45) is 0.517. The molecule has 0 radical (unpaired) electrons. The molecule has 2 heterocycles. The number of nitriles is 1. The number of amides is 1. The van der Waals surface area contributed by atoms with Crippen LogP contribution in [0.25, 0.3) is 11.3 Å². The number of ether oxygens (including phenoxy) is 1. The van der Waals surface area contributed by atoms with E-state index in [2.05, 4.69) is 11.2 Å². The van der Waals surface area contributed by atoms with E-state index in [0.717, 1.165) is 24.2 Å². The molecule has 0 bridgehead atoms. The summed E-state index contributed by atoms with van der Waals surface area (Å²) in [5.74, 6) is 1.66. The monoisotopic (exact) mass is 403 g/mol. The highest BCUT2D eigenvalue weighted by Gasteiger charge is 2.28. The topological polar surface area (TPSA) is 117 Å². The second kappa shape index (κ2) is 8.17. The number of benzene rings is 2. The number of aromatic nitrogens is 2. The van der Waals surface area contributed by atoms with Gasteiger partial charge in [0.15, 0.2) is 0 Å². The number of rotatable bonds is 4. The Morgan fingerprint density at radius 2 is 1.87 bits per heavy atom. The van der Waals surface area contributed by atoms with E-state index in [1.54, 1.807) is 4.68 Å². The molecule has 1 fully saturated rings. The summed E-state index contributed by atoms with van der Waals surface area (Å²) in [7, 11) is 0. The molecular formula is C22H21N5O3. The van der Waals surface area contributed by atoms with Gasteiger partial charge >= 0.3 is 6.09 Å². The van der Waals surface area contributed by atoms with Crippen molar-refractivity contribution < 1.29 is 14.6 Å². The largest absolute Gasteiger partial charge is 0.465 e. The number of anilines is 1. The van der Waals surface area contributed by atoms with Crippen molar-refractivity contribution in [3.8, 4) is 28.8 Å². The van der Waals surface area contributed by atoms with Gasteiger partial charge in [-0.05, 0) is 49.2 Å². The first kappa shape index (κ1) is 19.3. The molecule has 8 nitrogen and oxygen atoms in total. The minimum Gasteiger partial charge on any atom is -0.465 e. The van der Waals surface area contributed by atoms with Crippen LogP contribution < -0.4 is 10.5 Å². The summed E-state index contributed by atoms with van der Waals surface area (Å²) < 4.78 is 7.40. The number of nitrogens with zero attached hydrogens (tertiary/aromatic N) is 4. The Hall–Kier alpha value is -3.99. The lowest BCUT2D eigenvalue weighted by Crippen LogP contribution is -2.40. The third kappa shape index (κ3) is 3.78. The average molecular weight is 403 g/mol. The van der Waals surface area contributed by atoms with Gasteiger partial charge in [-0.1, -0.05) is 18.2 Å². The van der Waals surface area contributed by atoms with Gasteiger partial charge in [0.2, 0.25) is 0 Å². The van der Waals surface area contributed by atoms with Gasteiger partial charge in [-0.3, -0.25) is 0 Å². The second-order valence-corrected chi connectivity index (χ2v) is 7.13. The molecule has 1 aliphatic heterocycles. The standard InChI is InChI=1S/C22H21N5O3/c23-13-19-20(15-8-10-18(11-9-15)30-17-6-2-1-3-7-17)25-27(21(19)24)16-5-4-12-26(14-16)22(28)29/h1-3,6-11,16H,4-5,12,14,24H2,(H,28,29)/t16-/m1/s1. The van der Waals surface area contributed by atoms with Crippen LogP contribution in [0.1, 0.15) is 24.4 Å². The SMILES string of the molecule is N#Cc1c(-c2ccc(Oc3ccccc3)cc2)nn([C@@H]2CCCN(C(=O)O)C2)c1N. The van der Waals surface area contributed by atoms with Crippen molar-refractivity contribution in [1.82, 2.24) is 14.7 Å². The smallest absolute Gasteiger partial charge is 0.407 e. The van der Waals surface area contributed by atoms with Crippen LogP contribution in [-0.2, 0) is 0 Å². The lowest BCUT2D eigenvalue weighted by Gasteiger charge is -2.31. The molecule has 0 spiro atoms. The molecule has 30 heavy (non-hydrogen) atoms. The van der Waals surface area contributed by atoms with E-state index in [-0.39, 0.29) is 11.9 Å². The molecule has 152 valence electrons. The van der Waals surface area contributed by atoms with Gasteiger partial charge < -0.3 is 20.5 Å². The fourth-order valence-electron chi connectivity index (χ4n) is 3.67. The molecule has 8 heteroatoms. The number of carboxylic acid groups (broad SMARTS) is 1. The summed E-state index contributed by atoms with van der Waals surface area (Å²) in [4.78, 5) is 12.7. The van der Waals surface area contributed by atoms with E-state index in [4.69, 9.17) is 10.5 Å². The fraction of sp³-hybridized carbons (Fsp3) is 0.227. The van der Waals surface area contributed by atoms with Gasteiger partial charge in [0.25, 0.3) is 0 Å². The fourth-order valence-corrected chi connectivity index (χ4v) is 3.67. The van der Waals surface area contributed by atoms with Crippen LogP contribution in [0.4, 0.5) is 10.6 Å². The van der Waals surface area contributed by atoms with E-state index >= 15 is 0 Å². The lowest BCUT2D eigenvalue weighted by atomic mass is 10.1. The first-order valence-electron chi connectivity index (χ1n) is 9.66. The highest BCUT2D eigenvalue weighted by Crippen LogP contribution is 2.33. The normalized spacial score (nSPS) is 16.1. The van der Waals surface area contributed by atoms with Crippen LogP contribution in [0, 0.1) is 11.3 Å². The molecule has 1 atom stereocenters. The zero-order chi connectivity index (χ0) is 21.1. The Bertz CT molecular complexity index is 1090. The van der Waals surface area contributed by atoms with Crippen LogP contribution >= 0.6 is 0 Å². The quantitative estimate of drug-likeness (QED) is 0.677. The summed E-state index contributed by atoms with van der Waals surface area (Å²) in [5, 5.41) is 23.5. The van der Waals surface area contributed by atoms with Crippen molar-refractivity contribution in [1.29, 1.82) is 5.26 Å². The minimum atomic E-state index is -0.958. The van der Waals surface area contributed by atoms with Gasteiger partial charge in [0, 0.05) is 18.7 Å². The van der Waals surface area contributed by atoms with E-state index in [9.17, 15) is 15.2 Å². The lowest BCUT2D eigenvalue weighted by molar-refractivity contribution is 0.120. The molecule has 1 amide bonds. The number of hydrogen-bond acceptors (Lipinski definition) is 5. The third-order valence-electron chi connectivity index (χ3n) is 5.18. The molecule has 1 aliphatic rings. The Labute approximate surface area is 173 Å². The number of hydrogen-bond donors (Lipinski definition) is 2. The van der Waals surface area contributed by atoms with Gasteiger partial charge in [0.05, 0.1) is 6.04 Å². The van der Waals surface area contributed by atoms with E-state index in [1.165, 1.54) is 4.90 Å². The maximum Gasteiger partial charge on any atom is 0.407 e. The summed E-state index contributed by atoms with van der Waals surface area (Å²) >= 11 is 0. The van der Waals surface area contributed by atoms with Gasteiger partial charge in [-0.15, -0.1) is 0 Å². The second-order valence-electron chi connectivity index (χ2n) is 7.13. The highest BCUT2D eigenvalue weighted by atomic mass is 16.5. The van der Waals surface area contributed by atoms with E-state index < -0.39 is 6.09 Å². The average Bonchev–Trinajstić information content (AvgIpc) is 3.11. The van der Waals surface area contributed by atoms with Crippen LogP contribution in [0.3, 0.4) is 0 Å². The Morgan fingerprint density at radius 1 is 1.17 bits per heavy atom. The molecule has 0 saturated carbocycles. The maximum atomic E-state index is 11.3. The number of nitrogen functional groups attached to an aromatic ring is 1. The molecule has 1 aromatic heterocycles. The maximum absolute atomic E-state index is 11.3. The zero-order valence-electron chi connectivity index (χ0n) is 16.2. The molecule has 3 aromatic rings. The van der Waals surface area contributed by atoms with Crippen molar-refractivity contribution in [3.05, 3.63) is 60.2 Å². The first-order chi connectivity index (χ1) is 14.6. The zero-order valence-corrected chi connectivity index (χ0v) is 16.2. The number of carbonyl (C=O) groups is 1. The molecule has 3 N–H and O–H groups in total. The summed E-state index contributed by atoms with van der Waals surface area (Å²) in [5.41, 5.74) is 7.73. The first-order valence-corrected chi connectivity index (χ1v) is 9.66. The van der Waals surface area contributed by atoms with E-state index in [0.29, 0.717) is 30.1 Å². The van der Waals surface area contributed by atoms with Crippen molar-refractivity contribution in [3.63, 3.8) is 0 Å². The minimum absolute atomic E-state index is 0.198. The van der Waals surface area contributed by atoms with Gasteiger partial charge in [-0.25, -0.2) is 9.48 Å². The van der Waals surface area contributed by atoms with Crippen LogP contribution in [-0.4, -0.2) is 39.0 Å². The summed E-state index contributed by atoms with van der Waals surface area (Å²) in [6, 6.07) is 18.7. The van der Waals surface area contributed by atoms with Crippen molar-refractivity contribution in [2.24, 2.45) is 0 Å². The molecule has 0 unspecified atom stereocenters. The Kier molecular flexibility index (Phi) is 5.26. The van der Waals surface area contributed by atoms with Crippen LogP contribution in [0.15, 0.2) is 54.6 Å². The molecular weight excluding hydrogens is 382 g/mol.